The van der Waals surface area contributed by atoms with Gasteiger partial charge in [0.2, 0.25) is 5.91 Å². The molecule has 3 rings (SSSR count). The Morgan fingerprint density at radius 3 is 2.68 bits per heavy atom. The molecule has 2 aromatic rings. The Kier molecular flexibility index (Phi) is 4.47. The van der Waals surface area contributed by atoms with Gasteiger partial charge < -0.3 is 10.6 Å². The second kappa shape index (κ2) is 6.72. The number of nitrogens with one attached hydrogen (secondary N) is 2. The minimum absolute atomic E-state index is 0.00345. The number of halogens is 1. The van der Waals surface area contributed by atoms with Crippen LogP contribution in [0.4, 0.5) is 14.9 Å². The van der Waals surface area contributed by atoms with E-state index >= 15 is 0 Å². The Morgan fingerprint density at radius 2 is 2.00 bits per heavy atom. The lowest BCUT2D eigenvalue weighted by Gasteiger charge is -2.15. The first-order valence-corrected chi connectivity index (χ1v) is 7.69. The molecule has 1 fully saturated rings. The lowest BCUT2D eigenvalue weighted by molar-refractivity contribution is -0.125. The Morgan fingerprint density at radius 1 is 1.24 bits per heavy atom. The molecule has 0 spiro atoms. The summed E-state index contributed by atoms with van der Waals surface area (Å²) in [6, 6.07) is 10.6. The highest BCUT2D eigenvalue weighted by Gasteiger charge is 2.29. The number of urea groups is 1. The van der Waals surface area contributed by atoms with E-state index in [2.05, 4.69) is 10.6 Å². The molecule has 7 heteroatoms. The van der Waals surface area contributed by atoms with Crippen LogP contribution in [-0.2, 0) is 11.3 Å². The molecule has 0 radical (unpaired) electrons. The van der Waals surface area contributed by atoms with E-state index in [0.717, 1.165) is 4.90 Å². The van der Waals surface area contributed by atoms with Crippen molar-refractivity contribution in [1.29, 1.82) is 0 Å². The highest BCUT2D eigenvalue weighted by molar-refractivity contribution is 6.06. The summed E-state index contributed by atoms with van der Waals surface area (Å²) in [7, 11) is 0. The van der Waals surface area contributed by atoms with E-state index in [1.165, 1.54) is 6.07 Å². The summed E-state index contributed by atoms with van der Waals surface area (Å²) < 4.78 is 13.6. The molecule has 1 aliphatic heterocycles. The molecule has 1 heterocycles. The average molecular weight is 341 g/mol. The van der Waals surface area contributed by atoms with Crippen molar-refractivity contribution in [1.82, 2.24) is 10.2 Å². The summed E-state index contributed by atoms with van der Waals surface area (Å²) in [6.45, 7) is 1.58. The first kappa shape index (κ1) is 16.6. The Labute approximate surface area is 143 Å². The molecule has 0 atom stereocenters. The molecule has 2 aromatic carbocycles. The van der Waals surface area contributed by atoms with Crippen molar-refractivity contribution >= 4 is 23.5 Å². The van der Waals surface area contributed by atoms with Crippen molar-refractivity contribution in [3.05, 3.63) is 65.0 Å². The number of nitrogens with zero attached hydrogens (tertiary/aromatic N) is 1. The van der Waals surface area contributed by atoms with Crippen LogP contribution >= 0.6 is 0 Å². The molecule has 6 nitrogen and oxygen atoms in total. The lowest BCUT2D eigenvalue weighted by atomic mass is 10.1. The van der Waals surface area contributed by atoms with E-state index in [1.807, 2.05) is 0 Å². The minimum atomic E-state index is -0.485. The van der Waals surface area contributed by atoms with Gasteiger partial charge in [0.15, 0.2) is 0 Å². The molecule has 25 heavy (non-hydrogen) atoms. The first-order valence-electron chi connectivity index (χ1n) is 7.69. The first-order chi connectivity index (χ1) is 12.0. The van der Waals surface area contributed by atoms with E-state index in [0.29, 0.717) is 22.4 Å². The van der Waals surface area contributed by atoms with Gasteiger partial charge in [-0.3, -0.25) is 14.5 Å². The number of carbonyl (C=O) groups is 3. The van der Waals surface area contributed by atoms with E-state index in [4.69, 9.17) is 0 Å². The third-order valence-electron chi connectivity index (χ3n) is 3.96. The molecule has 0 unspecified atom stereocenters. The number of benzene rings is 2. The largest absolute Gasteiger partial charge is 0.329 e. The molecular weight excluding hydrogens is 325 g/mol. The van der Waals surface area contributed by atoms with Gasteiger partial charge in [-0.2, -0.15) is 0 Å². The number of carbonyl (C=O) groups excluding carboxylic acids is 3. The monoisotopic (exact) mass is 341 g/mol. The van der Waals surface area contributed by atoms with Crippen LogP contribution in [-0.4, -0.2) is 29.3 Å². The maximum absolute atomic E-state index is 13.6. The van der Waals surface area contributed by atoms with Gasteiger partial charge in [0.25, 0.3) is 5.91 Å². The maximum atomic E-state index is 13.6. The number of hydrogen-bond donors (Lipinski definition) is 2. The SMILES string of the molecule is Cc1ccc(NC(=O)c2ccccc2CN2C(=O)CNC2=O)cc1F. The number of hydrogen-bond acceptors (Lipinski definition) is 3. The number of rotatable bonds is 4. The van der Waals surface area contributed by atoms with Crippen LogP contribution in [0.2, 0.25) is 0 Å². The van der Waals surface area contributed by atoms with Crippen LogP contribution in [0.25, 0.3) is 0 Å². The normalized spacial score (nSPS) is 13.8. The molecule has 2 N–H and O–H groups in total. The van der Waals surface area contributed by atoms with E-state index in [-0.39, 0.29) is 19.0 Å². The van der Waals surface area contributed by atoms with Gasteiger partial charge in [0.05, 0.1) is 13.1 Å². The van der Waals surface area contributed by atoms with Gasteiger partial charge in [-0.05, 0) is 36.2 Å². The van der Waals surface area contributed by atoms with Crippen molar-refractivity contribution in [2.45, 2.75) is 13.5 Å². The van der Waals surface area contributed by atoms with Crippen LogP contribution in [0.5, 0.6) is 0 Å². The van der Waals surface area contributed by atoms with Crippen molar-refractivity contribution < 1.29 is 18.8 Å². The fraction of sp³-hybridized carbons (Fsp3) is 0.167. The summed E-state index contributed by atoms with van der Waals surface area (Å²) >= 11 is 0. The fourth-order valence-corrected chi connectivity index (χ4v) is 2.53. The smallest absolute Gasteiger partial charge is 0.324 e. The van der Waals surface area contributed by atoms with Gasteiger partial charge in [0.1, 0.15) is 5.82 Å². The maximum Gasteiger partial charge on any atom is 0.324 e. The van der Waals surface area contributed by atoms with Crippen LogP contribution < -0.4 is 10.6 Å². The number of amides is 4. The van der Waals surface area contributed by atoms with Crippen LogP contribution in [0.3, 0.4) is 0 Å². The lowest BCUT2D eigenvalue weighted by Crippen LogP contribution is -2.31. The highest BCUT2D eigenvalue weighted by Crippen LogP contribution is 2.18. The topological polar surface area (TPSA) is 78.5 Å². The predicted octanol–water partition coefficient (Wildman–Crippen LogP) is 2.44. The average Bonchev–Trinajstić information content (AvgIpc) is 2.90. The zero-order valence-corrected chi connectivity index (χ0v) is 13.5. The summed E-state index contributed by atoms with van der Waals surface area (Å²) in [5, 5.41) is 5.07. The zero-order chi connectivity index (χ0) is 18.0. The second-order valence-electron chi connectivity index (χ2n) is 5.71. The Hall–Kier alpha value is -3.22. The third kappa shape index (κ3) is 3.50. The summed E-state index contributed by atoms with van der Waals surface area (Å²) in [6.07, 6.45) is 0. The van der Waals surface area contributed by atoms with Crippen molar-refractivity contribution in [3.63, 3.8) is 0 Å². The van der Waals surface area contributed by atoms with E-state index in [1.54, 1.807) is 43.3 Å². The third-order valence-corrected chi connectivity index (χ3v) is 3.96. The fourth-order valence-electron chi connectivity index (χ4n) is 2.53. The predicted molar refractivity (Wildman–Crippen MR) is 89.5 cm³/mol. The highest BCUT2D eigenvalue weighted by atomic mass is 19.1. The summed E-state index contributed by atoms with van der Waals surface area (Å²) in [5.41, 5.74) is 1.66. The molecule has 0 aromatic heterocycles. The van der Waals surface area contributed by atoms with Crippen LogP contribution in [0.1, 0.15) is 21.5 Å². The Bertz CT molecular complexity index is 850. The molecule has 0 aliphatic carbocycles. The Balaban J connectivity index is 1.82. The van der Waals surface area contributed by atoms with Crippen LogP contribution in [0.15, 0.2) is 42.5 Å². The standard InChI is InChI=1S/C18H16FN3O3/c1-11-6-7-13(8-15(11)19)21-17(24)14-5-3-2-4-12(14)10-22-16(23)9-20-18(22)25/h2-8H,9-10H2,1H3,(H,20,25)(H,21,24). The number of imide groups is 1. The van der Waals surface area contributed by atoms with Gasteiger partial charge in [-0.25, -0.2) is 9.18 Å². The quantitative estimate of drug-likeness (QED) is 0.839. The van der Waals surface area contributed by atoms with Gasteiger partial charge in [-0.15, -0.1) is 0 Å². The van der Waals surface area contributed by atoms with Crippen molar-refractivity contribution in [2.75, 3.05) is 11.9 Å². The van der Waals surface area contributed by atoms with Crippen molar-refractivity contribution in [2.24, 2.45) is 0 Å². The van der Waals surface area contributed by atoms with Gasteiger partial charge in [0, 0.05) is 11.3 Å². The summed E-state index contributed by atoms with van der Waals surface area (Å²) in [5.74, 6) is -1.20. The molecule has 128 valence electrons. The second-order valence-corrected chi connectivity index (χ2v) is 5.71. The van der Waals surface area contributed by atoms with Crippen LogP contribution in [0, 0.1) is 12.7 Å². The molecule has 1 saturated heterocycles. The molecule has 4 amide bonds. The van der Waals surface area contributed by atoms with Gasteiger partial charge >= 0.3 is 6.03 Å². The van der Waals surface area contributed by atoms with Gasteiger partial charge in [-0.1, -0.05) is 24.3 Å². The summed E-state index contributed by atoms with van der Waals surface area (Å²) in [4.78, 5) is 37.0. The number of anilines is 1. The zero-order valence-electron chi connectivity index (χ0n) is 13.5. The molecule has 0 bridgehead atoms. The van der Waals surface area contributed by atoms with E-state index < -0.39 is 17.8 Å². The minimum Gasteiger partial charge on any atom is -0.329 e. The molecule has 0 saturated carbocycles. The van der Waals surface area contributed by atoms with Crippen molar-refractivity contribution in [3.8, 4) is 0 Å². The van der Waals surface area contributed by atoms with E-state index in [9.17, 15) is 18.8 Å². The number of aryl methyl sites for hydroxylation is 1. The molecular formula is C18H16FN3O3. The molecule has 1 aliphatic rings.